The fourth-order valence-corrected chi connectivity index (χ4v) is 3.60. The van der Waals surface area contributed by atoms with Crippen molar-refractivity contribution in [2.24, 2.45) is 0 Å². The zero-order valence-corrected chi connectivity index (χ0v) is 13.8. The number of nitrogens with one attached hydrogen (secondary N) is 1. The van der Waals surface area contributed by atoms with Crippen LogP contribution in [0.5, 0.6) is 0 Å². The maximum atomic E-state index is 11.6. The molecule has 3 nitrogen and oxygen atoms in total. The maximum absolute atomic E-state index is 11.6. The van der Waals surface area contributed by atoms with Gasteiger partial charge in [0.15, 0.2) is 0 Å². The molecule has 0 aromatic heterocycles. The van der Waals surface area contributed by atoms with E-state index in [1.165, 1.54) is 34.1 Å². The number of hydrogen-bond donors (Lipinski definition) is 1. The van der Waals surface area contributed by atoms with Gasteiger partial charge < -0.3 is 5.32 Å². The van der Waals surface area contributed by atoms with Crippen molar-refractivity contribution in [2.45, 2.75) is 40.7 Å². The Balaban J connectivity index is 3.49. The van der Waals surface area contributed by atoms with Crippen LogP contribution in [0.3, 0.4) is 0 Å². The zero-order valence-electron chi connectivity index (χ0n) is 13.0. The van der Waals surface area contributed by atoms with E-state index in [0.29, 0.717) is 0 Å². The van der Waals surface area contributed by atoms with E-state index in [-0.39, 0.29) is 11.8 Å². The predicted molar refractivity (Wildman–Crippen MR) is 81.6 cm³/mol. The van der Waals surface area contributed by atoms with E-state index >= 15 is 0 Å². The molecule has 0 saturated heterocycles. The van der Waals surface area contributed by atoms with Crippen molar-refractivity contribution >= 4 is 9.84 Å². The molecule has 1 N–H and O–H groups in total. The van der Waals surface area contributed by atoms with Crippen LogP contribution in [0.25, 0.3) is 0 Å². The molecule has 0 spiro atoms. The van der Waals surface area contributed by atoms with Crippen LogP contribution in [0.4, 0.5) is 0 Å². The first-order valence-electron chi connectivity index (χ1n) is 6.52. The van der Waals surface area contributed by atoms with Gasteiger partial charge in [0, 0.05) is 12.3 Å². The molecule has 0 amide bonds. The normalized spacial score (nSPS) is 13.6. The monoisotopic (exact) mass is 283 g/mol. The molecule has 1 unspecified atom stereocenters. The summed E-state index contributed by atoms with van der Waals surface area (Å²) in [6.45, 7) is 10.5. The summed E-state index contributed by atoms with van der Waals surface area (Å²) in [5, 5.41) is 3.15. The molecular formula is C15H25NO2S. The van der Waals surface area contributed by atoms with Crippen LogP contribution in [0.15, 0.2) is 0 Å². The third-order valence-corrected chi connectivity index (χ3v) is 5.16. The van der Waals surface area contributed by atoms with Crippen LogP contribution in [-0.2, 0) is 9.84 Å². The van der Waals surface area contributed by atoms with Crippen molar-refractivity contribution in [1.82, 2.24) is 5.32 Å². The second kappa shape index (κ2) is 5.63. The minimum Gasteiger partial charge on any atom is -0.312 e. The Morgan fingerprint density at radius 3 is 1.58 bits per heavy atom. The van der Waals surface area contributed by atoms with E-state index in [0.717, 1.165) is 5.56 Å². The Morgan fingerprint density at radius 1 is 0.895 bits per heavy atom. The summed E-state index contributed by atoms with van der Waals surface area (Å²) in [6, 6.07) is -0.145. The average molecular weight is 283 g/mol. The summed E-state index contributed by atoms with van der Waals surface area (Å²) in [5.41, 5.74) is 7.34. The molecule has 0 fully saturated rings. The van der Waals surface area contributed by atoms with Gasteiger partial charge in [-0.25, -0.2) is 8.42 Å². The number of sulfone groups is 1. The average Bonchev–Trinajstić information content (AvgIpc) is 2.31. The summed E-state index contributed by atoms with van der Waals surface area (Å²) >= 11 is 0. The maximum Gasteiger partial charge on any atom is 0.149 e. The fourth-order valence-electron chi connectivity index (χ4n) is 2.67. The van der Waals surface area contributed by atoms with Crippen molar-refractivity contribution in [3.05, 3.63) is 33.4 Å². The molecule has 0 heterocycles. The quantitative estimate of drug-likeness (QED) is 0.923. The van der Waals surface area contributed by atoms with Gasteiger partial charge in [-0.2, -0.15) is 0 Å². The predicted octanol–water partition coefficient (Wildman–Crippen LogP) is 2.53. The SMILES string of the molecule is CNC(CS(C)(=O)=O)c1c(C)c(C)c(C)c(C)c1C. The Hall–Kier alpha value is -0.870. The van der Waals surface area contributed by atoms with E-state index < -0.39 is 9.84 Å². The molecule has 1 aromatic carbocycles. The van der Waals surface area contributed by atoms with Gasteiger partial charge in [-0.15, -0.1) is 0 Å². The molecule has 4 heteroatoms. The minimum atomic E-state index is -3.02. The van der Waals surface area contributed by atoms with Gasteiger partial charge in [0.05, 0.1) is 5.75 Å². The first-order chi connectivity index (χ1) is 8.60. The van der Waals surface area contributed by atoms with Crippen LogP contribution in [-0.4, -0.2) is 27.5 Å². The van der Waals surface area contributed by atoms with Gasteiger partial charge in [-0.05, 0) is 75.0 Å². The number of benzene rings is 1. The third-order valence-electron chi connectivity index (χ3n) is 4.22. The highest BCUT2D eigenvalue weighted by Crippen LogP contribution is 2.30. The van der Waals surface area contributed by atoms with E-state index in [1.54, 1.807) is 0 Å². The number of hydrogen-bond acceptors (Lipinski definition) is 3. The van der Waals surface area contributed by atoms with E-state index in [2.05, 4.69) is 39.9 Å². The van der Waals surface area contributed by atoms with E-state index in [4.69, 9.17) is 0 Å². The lowest BCUT2D eigenvalue weighted by Gasteiger charge is -2.25. The zero-order chi connectivity index (χ0) is 15.0. The van der Waals surface area contributed by atoms with Crippen LogP contribution in [0.2, 0.25) is 0 Å². The van der Waals surface area contributed by atoms with Crippen molar-refractivity contribution in [1.29, 1.82) is 0 Å². The second-order valence-corrected chi connectivity index (χ2v) is 7.66. The molecule has 1 rings (SSSR count). The van der Waals surface area contributed by atoms with Gasteiger partial charge in [0.2, 0.25) is 0 Å². The molecule has 0 aliphatic rings. The number of rotatable bonds is 4. The highest BCUT2D eigenvalue weighted by Gasteiger charge is 2.22. The van der Waals surface area contributed by atoms with Crippen molar-refractivity contribution in [3.63, 3.8) is 0 Å². The molecule has 1 atom stereocenters. The first kappa shape index (κ1) is 16.2. The van der Waals surface area contributed by atoms with Gasteiger partial charge in [0.1, 0.15) is 9.84 Å². The van der Waals surface area contributed by atoms with Crippen LogP contribution in [0, 0.1) is 34.6 Å². The van der Waals surface area contributed by atoms with Crippen LogP contribution in [0.1, 0.15) is 39.4 Å². The summed E-state index contributed by atoms with van der Waals surface area (Å²) < 4.78 is 23.2. The standard InChI is InChI=1S/C15H25NO2S/c1-9-10(2)12(4)15(13(5)11(9)3)14(16-6)8-19(7,17)18/h14,16H,8H2,1-7H3. The molecule has 19 heavy (non-hydrogen) atoms. The Labute approximate surface area is 117 Å². The molecule has 108 valence electrons. The summed E-state index contributed by atoms with van der Waals surface area (Å²) in [6.07, 6.45) is 1.29. The van der Waals surface area contributed by atoms with Gasteiger partial charge in [0.25, 0.3) is 0 Å². The minimum absolute atomic E-state index is 0.132. The van der Waals surface area contributed by atoms with E-state index in [1.807, 2.05) is 7.05 Å². The topological polar surface area (TPSA) is 46.2 Å². The Kier molecular flexibility index (Phi) is 4.80. The molecule has 1 aromatic rings. The van der Waals surface area contributed by atoms with Gasteiger partial charge in [-0.1, -0.05) is 0 Å². The molecule has 0 saturated carbocycles. The highest BCUT2D eigenvalue weighted by atomic mass is 32.2. The van der Waals surface area contributed by atoms with E-state index in [9.17, 15) is 8.42 Å². The smallest absolute Gasteiger partial charge is 0.149 e. The Bertz CT molecular complexity index is 560. The largest absolute Gasteiger partial charge is 0.312 e. The van der Waals surface area contributed by atoms with Gasteiger partial charge in [-0.3, -0.25) is 0 Å². The second-order valence-electron chi connectivity index (χ2n) is 5.47. The molecular weight excluding hydrogens is 258 g/mol. The van der Waals surface area contributed by atoms with Crippen molar-refractivity contribution in [3.8, 4) is 0 Å². The summed E-state index contributed by atoms with van der Waals surface area (Å²) in [4.78, 5) is 0. The summed E-state index contributed by atoms with van der Waals surface area (Å²) in [7, 11) is -1.20. The fraction of sp³-hybridized carbons (Fsp3) is 0.600. The van der Waals surface area contributed by atoms with Crippen molar-refractivity contribution < 1.29 is 8.42 Å². The summed E-state index contributed by atoms with van der Waals surface area (Å²) in [5.74, 6) is 0.132. The van der Waals surface area contributed by atoms with Gasteiger partial charge >= 0.3 is 0 Å². The van der Waals surface area contributed by atoms with Crippen LogP contribution >= 0.6 is 0 Å². The Morgan fingerprint density at radius 2 is 1.26 bits per heavy atom. The van der Waals surface area contributed by atoms with Crippen LogP contribution < -0.4 is 5.32 Å². The van der Waals surface area contributed by atoms with Crippen molar-refractivity contribution in [2.75, 3.05) is 19.1 Å². The lowest BCUT2D eigenvalue weighted by Crippen LogP contribution is -2.27. The third kappa shape index (κ3) is 3.37. The molecule has 0 aliphatic carbocycles. The molecule has 0 aliphatic heterocycles. The highest BCUT2D eigenvalue weighted by molar-refractivity contribution is 7.90. The lowest BCUT2D eigenvalue weighted by atomic mass is 9.87. The molecule has 0 bridgehead atoms. The lowest BCUT2D eigenvalue weighted by molar-refractivity contribution is 0.577. The first-order valence-corrected chi connectivity index (χ1v) is 8.58. The molecule has 0 radical (unpaired) electrons.